The van der Waals surface area contributed by atoms with Crippen molar-refractivity contribution < 1.29 is 24.2 Å². The van der Waals surface area contributed by atoms with Gasteiger partial charge in [-0.2, -0.15) is 0 Å². The van der Waals surface area contributed by atoms with Crippen LogP contribution >= 0.6 is 0 Å². The number of hydrogen-bond donors (Lipinski definition) is 1. The first-order chi connectivity index (χ1) is 13.3. The molecule has 2 aromatic rings. The van der Waals surface area contributed by atoms with E-state index in [-0.39, 0.29) is 6.42 Å². The number of carboxylic acid groups (broad SMARTS) is 1. The van der Waals surface area contributed by atoms with E-state index in [4.69, 9.17) is 9.47 Å². The Morgan fingerprint density at radius 3 is 2.32 bits per heavy atom. The van der Waals surface area contributed by atoms with Crippen LogP contribution in [0.15, 0.2) is 48.5 Å². The minimum atomic E-state index is -1.05. The van der Waals surface area contributed by atoms with Crippen molar-refractivity contribution in [2.45, 2.75) is 26.3 Å². The topological polar surface area (TPSA) is 76.1 Å². The van der Waals surface area contributed by atoms with Gasteiger partial charge in [-0.25, -0.2) is 4.79 Å². The lowest BCUT2D eigenvalue weighted by Gasteiger charge is -2.25. The van der Waals surface area contributed by atoms with Crippen molar-refractivity contribution in [1.82, 2.24) is 4.90 Å². The Labute approximate surface area is 165 Å². The molecule has 2 rings (SSSR count). The third-order valence-electron chi connectivity index (χ3n) is 4.33. The van der Waals surface area contributed by atoms with Gasteiger partial charge in [-0.1, -0.05) is 44.2 Å². The number of likely N-dealkylation sites (N-methyl/N-ethyl adjacent to an activating group) is 1. The summed E-state index contributed by atoms with van der Waals surface area (Å²) in [4.78, 5) is 25.9. The molecule has 1 unspecified atom stereocenters. The van der Waals surface area contributed by atoms with Crippen LogP contribution in [0.5, 0.6) is 11.5 Å². The zero-order chi connectivity index (χ0) is 20.7. The van der Waals surface area contributed by atoms with Crippen LogP contribution in [0.4, 0.5) is 0 Å². The molecule has 6 nitrogen and oxygen atoms in total. The molecule has 6 heteroatoms. The zero-order valence-corrected chi connectivity index (χ0v) is 16.7. The highest BCUT2D eigenvalue weighted by Gasteiger charge is 2.28. The molecule has 0 saturated heterocycles. The quantitative estimate of drug-likeness (QED) is 0.715. The summed E-state index contributed by atoms with van der Waals surface area (Å²) in [5, 5.41) is 9.63. The van der Waals surface area contributed by atoms with Crippen LogP contribution < -0.4 is 9.47 Å². The van der Waals surface area contributed by atoms with Gasteiger partial charge in [-0.3, -0.25) is 4.79 Å². The molecule has 0 radical (unpaired) electrons. The van der Waals surface area contributed by atoms with Crippen molar-refractivity contribution >= 4 is 11.9 Å². The molecule has 0 bridgehead atoms. The van der Waals surface area contributed by atoms with Crippen LogP contribution in [0.25, 0.3) is 0 Å². The number of carbonyl (C=O) groups excluding carboxylic acids is 1. The molecule has 1 amide bonds. The highest BCUT2D eigenvalue weighted by atomic mass is 16.5. The van der Waals surface area contributed by atoms with Gasteiger partial charge in [0.15, 0.2) is 11.5 Å². The van der Waals surface area contributed by atoms with E-state index < -0.39 is 17.9 Å². The number of methoxy groups -OCH3 is 1. The fourth-order valence-corrected chi connectivity index (χ4v) is 2.75. The molecule has 0 aliphatic rings. The van der Waals surface area contributed by atoms with Gasteiger partial charge in [-0.15, -0.1) is 0 Å². The van der Waals surface area contributed by atoms with Crippen LogP contribution in [-0.2, 0) is 11.2 Å². The van der Waals surface area contributed by atoms with E-state index >= 15 is 0 Å². The SMILES string of the molecule is COc1cc(C(=O)N(C)C(Cc2ccccc2)C(=O)O)ccc1OCC(C)C. The molecule has 28 heavy (non-hydrogen) atoms. The summed E-state index contributed by atoms with van der Waals surface area (Å²) in [6.07, 6.45) is 0.227. The van der Waals surface area contributed by atoms with Gasteiger partial charge in [0.1, 0.15) is 6.04 Å². The highest BCUT2D eigenvalue weighted by Crippen LogP contribution is 2.29. The smallest absolute Gasteiger partial charge is 0.326 e. The second-order valence-electron chi connectivity index (χ2n) is 7.03. The first kappa shape index (κ1) is 21.3. The molecular formula is C22H27NO5. The monoisotopic (exact) mass is 385 g/mol. The minimum absolute atomic E-state index is 0.227. The van der Waals surface area contributed by atoms with E-state index in [0.29, 0.717) is 29.6 Å². The molecule has 0 saturated carbocycles. The third kappa shape index (κ3) is 5.49. The van der Waals surface area contributed by atoms with E-state index in [2.05, 4.69) is 0 Å². The number of aliphatic carboxylic acids is 1. The standard InChI is InChI=1S/C22H27NO5/c1-15(2)14-28-19-11-10-17(13-20(19)27-4)21(24)23(3)18(22(25)26)12-16-8-6-5-7-9-16/h5-11,13,15,18H,12,14H2,1-4H3,(H,25,26). The summed E-state index contributed by atoms with van der Waals surface area (Å²) in [6, 6.07) is 13.1. The van der Waals surface area contributed by atoms with Crippen LogP contribution in [0.3, 0.4) is 0 Å². The van der Waals surface area contributed by atoms with Crippen molar-refractivity contribution in [2.24, 2.45) is 5.92 Å². The van der Waals surface area contributed by atoms with Crippen LogP contribution in [-0.4, -0.2) is 48.7 Å². The molecule has 0 spiro atoms. The molecule has 1 N–H and O–H groups in total. The molecule has 2 aromatic carbocycles. The maximum atomic E-state index is 12.9. The maximum absolute atomic E-state index is 12.9. The summed E-state index contributed by atoms with van der Waals surface area (Å²) in [6.45, 7) is 4.61. The number of nitrogens with zero attached hydrogens (tertiary/aromatic N) is 1. The lowest BCUT2D eigenvalue weighted by Crippen LogP contribution is -2.43. The first-order valence-electron chi connectivity index (χ1n) is 9.18. The number of ether oxygens (including phenoxy) is 2. The molecular weight excluding hydrogens is 358 g/mol. The summed E-state index contributed by atoms with van der Waals surface area (Å²) in [5.74, 6) is -0.101. The largest absolute Gasteiger partial charge is 0.493 e. The van der Waals surface area contributed by atoms with E-state index in [1.165, 1.54) is 19.1 Å². The Bertz CT molecular complexity index is 804. The number of carboxylic acids is 1. The van der Waals surface area contributed by atoms with Gasteiger partial charge < -0.3 is 19.5 Å². The molecule has 150 valence electrons. The Hall–Kier alpha value is -3.02. The lowest BCUT2D eigenvalue weighted by atomic mass is 10.0. The number of rotatable bonds is 9. The van der Waals surface area contributed by atoms with Crippen molar-refractivity contribution in [3.05, 3.63) is 59.7 Å². The molecule has 0 aromatic heterocycles. The Balaban J connectivity index is 2.21. The molecule has 0 aliphatic heterocycles. The Kier molecular flexibility index (Phi) is 7.44. The first-order valence-corrected chi connectivity index (χ1v) is 9.18. The van der Waals surface area contributed by atoms with Gasteiger partial charge in [-0.05, 0) is 29.7 Å². The van der Waals surface area contributed by atoms with E-state index in [1.54, 1.807) is 18.2 Å². The minimum Gasteiger partial charge on any atom is -0.493 e. The zero-order valence-electron chi connectivity index (χ0n) is 16.7. The van der Waals surface area contributed by atoms with Crippen LogP contribution in [0.1, 0.15) is 29.8 Å². The number of carbonyl (C=O) groups is 2. The van der Waals surface area contributed by atoms with Crippen molar-refractivity contribution in [1.29, 1.82) is 0 Å². The summed E-state index contributed by atoms with van der Waals surface area (Å²) in [7, 11) is 3.00. The van der Waals surface area contributed by atoms with Gasteiger partial charge in [0.05, 0.1) is 13.7 Å². The average Bonchev–Trinajstić information content (AvgIpc) is 2.69. The molecule has 1 atom stereocenters. The second kappa shape index (κ2) is 9.78. The summed E-state index contributed by atoms with van der Waals surface area (Å²) >= 11 is 0. The number of hydrogen-bond acceptors (Lipinski definition) is 4. The van der Waals surface area contributed by atoms with Crippen LogP contribution in [0, 0.1) is 5.92 Å². The van der Waals surface area contributed by atoms with Crippen molar-refractivity contribution in [3.63, 3.8) is 0 Å². The van der Waals surface area contributed by atoms with Gasteiger partial charge >= 0.3 is 5.97 Å². The van der Waals surface area contributed by atoms with E-state index in [9.17, 15) is 14.7 Å². The number of amides is 1. The second-order valence-corrected chi connectivity index (χ2v) is 7.03. The molecule has 0 aliphatic carbocycles. The predicted octanol–water partition coefficient (Wildman–Crippen LogP) is 3.50. The van der Waals surface area contributed by atoms with Gasteiger partial charge in [0, 0.05) is 19.0 Å². The average molecular weight is 385 g/mol. The normalized spacial score (nSPS) is 11.8. The fraction of sp³-hybridized carbons (Fsp3) is 0.364. The van der Waals surface area contributed by atoms with E-state index in [1.807, 2.05) is 44.2 Å². The molecule has 0 heterocycles. The molecule has 0 fully saturated rings. The van der Waals surface area contributed by atoms with Gasteiger partial charge in [0.25, 0.3) is 5.91 Å². The summed E-state index contributed by atoms with van der Waals surface area (Å²) in [5.41, 5.74) is 1.19. The third-order valence-corrected chi connectivity index (χ3v) is 4.33. The fourth-order valence-electron chi connectivity index (χ4n) is 2.75. The summed E-state index contributed by atoms with van der Waals surface area (Å²) < 4.78 is 11.0. The lowest BCUT2D eigenvalue weighted by molar-refractivity contribution is -0.141. The maximum Gasteiger partial charge on any atom is 0.326 e. The Morgan fingerprint density at radius 1 is 1.07 bits per heavy atom. The van der Waals surface area contributed by atoms with Crippen molar-refractivity contribution in [3.8, 4) is 11.5 Å². The predicted molar refractivity (Wildman–Crippen MR) is 107 cm³/mol. The highest BCUT2D eigenvalue weighted by molar-refractivity contribution is 5.97. The van der Waals surface area contributed by atoms with Crippen molar-refractivity contribution in [2.75, 3.05) is 20.8 Å². The number of benzene rings is 2. The van der Waals surface area contributed by atoms with Gasteiger partial charge in [0.2, 0.25) is 0 Å². The Morgan fingerprint density at radius 2 is 1.75 bits per heavy atom. The van der Waals surface area contributed by atoms with Crippen LogP contribution in [0.2, 0.25) is 0 Å². The van der Waals surface area contributed by atoms with E-state index in [0.717, 1.165) is 5.56 Å².